The lowest BCUT2D eigenvalue weighted by Crippen LogP contribution is -2.47. The van der Waals surface area contributed by atoms with Gasteiger partial charge in [-0.05, 0) is 13.3 Å². The molecule has 1 fully saturated rings. The Morgan fingerprint density at radius 2 is 2.17 bits per heavy atom. The van der Waals surface area contributed by atoms with E-state index in [0.717, 1.165) is 17.9 Å². The van der Waals surface area contributed by atoms with Crippen LogP contribution in [0.5, 0.6) is 0 Å². The standard InChI is InChI=1S/C14H25N5O3S/c1-12-8-16-13(9-15-12)10-19-6-7-22-11-14(19)4-5-17-23(20,21)18(2)3/h8-9,14,17H,4-7,10-11H2,1-3H3. The molecule has 0 spiro atoms. The molecular weight excluding hydrogens is 318 g/mol. The molecule has 1 N–H and O–H groups in total. The van der Waals surface area contributed by atoms with E-state index in [-0.39, 0.29) is 6.04 Å². The van der Waals surface area contributed by atoms with Gasteiger partial charge >= 0.3 is 0 Å². The summed E-state index contributed by atoms with van der Waals surface area (Å²) in [6, 6.07) is 0.164. The normalized spacial score (nSPS) is 20.1. The maximum atomic E-state index is 11.7. The van der Waals surface area contributed by atoms with Crippen molar-refractivity contribution in [1.29, 1.82) is 0 Å². The fourth-order valence-electron chi connectivity index (χ4n) is 2.36. The number of hydrogen-bond donors (Lipinski definition) is 1. The van der Waals surface area contributed by atoms with Crippen LogP contribution in [0.15, 0.2) is 12.4 Å². The van der Waals surface area contributed by atoms with Crippen LogP contribution in [-0.4, -0.2) is 74.0 Å². The van der Waals surface area contributed by atoms with E-state index in [1.807, 2.05) is 6.92 Å². The minimum atomic E-state index is -3.38. The summed E-state index contributed by atoms with van der Waals surface area (Å²) < 4.78 is 32.7. The molecule has 1 aromatic heterocycles. The Labute approximate surface area is 138 Å². The van der Waals surface area contributed by atoms with Crippen LogP contribution >= 0.6 is 0 Å². The van der Waals surface area contributed by atoms with E-state index in [4.69, 9.17) is 4.74 Å². The lowest BCUT2D eigenvalue weighted by atomic mass is 10.1. The van der Waals surface area contributed by atoms with Crippen molar-refractivity contribution in [3.63, 3.8) is 0 Å². The van der Waals surface area contributed by atoms with Gasteiger partial charge in [0.05, 0.1) is 24.6 Å². The van der Waals surface area contributed by atoms with Gasteiger partial charge in [0.2, 0.25) is 0 Å². The Balaban J connectivity index is 1.89. The van der Waals surface area contributed by atoms with Gasteiger partial charge in [-0.15, -0.1) is 0 Å². The number of aromatic nitrogens is 2. The summed E-state index contributed by atoms with van der Waals surface area (Å²) in [4.78, 5) is 10.9. The van der Waals surface area contributed by atoms with Crippen LogP contribution in [0.4, 0.5) is 0 Å². The van der Waals surface area contributed by atoms with Gasteiger partial charge in [-0.1, -0.05) is 0 Å². The molecule has 1 aliphatic heterocycles. The van der Waals surface area contributed by atoms with Crippen LogP contribution in [0.1, 0.15) is 17.8 Å². The third kappa shape index (κ3) is 5.47. The molecule has 1 aliphatic rings. The van der Waals surface area contributed by atoms with Crippen LogP contribution in [0, 0.1) is 6.92 Å². The van der Waals surface area contributed by atoms with E-state index >= 15 is 0 Å². The summed E-state index contributed by atoms with van der Waals surface area (Å²) in [5.74, 6) is 0. The Morgan fingerprint density at radius 1 is 1.39 bits per heavy atom. The van der Waals surface area contributed by atoms with Gasteiger partial charge in [-0.2, -0.15) is 12.7 Å². The molecule has 8 nitrogen and oxygen atoms in total. The molecule has 0 aromatic carbocycles. The van der Waals surface area contributed by atoms with Gasteiger partial charge in [0.1, 0.15) is 0 Å². The molecule has 0 amide bonds. The minimum Gasteiger partial charge on any atom is -0.378 e. The molecular formula is C14H25N5O3S. The van der Waals surface area contributed by atoms with Crippen LogP contribution < -0.4 is 4.72 Å². The summed E-state index contributed by atoms with van der Waals surface area (Å²) in [6.45, 7) is 5.07. The van der Waals surface area contributed by atoms with Crippen molar-refractivity contribution in [3.05, 3.63) is 23.8 Å². The Morgan fingerprint density at radius 3 is 2.83 bits per heavy atom. The van der Waals surface area contributed by atoms with Gasteiger partial charge < -0.3 is 4.74 Å². The number of hydrogen-bond acceptors (Lipinski definition) is 6. The number of ether oxygens (including phenoxy) is 1. The first kappa shape index (κ1) is 18.2. The van der Waals surface area contributed by atoms with Crippen molar-refractivity contribution in [2.24, 2.45) is 0 Å². The topological polar surface area (TPSA) is 87.7 Å². The molecule has 130 valence electrons. The first-order chi connectivity index (χ1) is 10.9. The highest BCUT2D eigenvalue weighted by molar-refractivity contribution is 7.87. The molecule has 23 heavy (non-hydrogen) atoms. The first-order valence-corrected chi connectivity index (χ1v) is 9.09. The quantitative estimate of drug-likeness (QED) is 0.736. The van der Waals surface area contributed by atoms with Crippen molar-refractivity contribution < 1.29 is 13.2 Å². The van der Waals surface area contributed by atoms with E-state index in [2.05, 4.69) is 19.6 Å². The fraction of sp³-hybridized carbons (Fsp3) is 0.714. The van der Waals surface area contributed by atoms with Gasteiger partial charge in [0.25, 0.3) is 10.2 Å². The summed E-state index contributed by atoms with van der Waals surface area (Å²) >= 11 is 0. The lowest BCUT2D eigenvalue weighted by molar-refractivity contribution is -0.0144. The summed E-state index contributed by atoms with van der Waals surface area (Å²) in [7, 11) is -0.362. The highest BCUT2D eigenvalue weighted by Crippen LogP contribution is 2.13. The Bertz CT molecular complexity index is 591. The molecule has 0 radical (unpaired) electrons. The Hall–Kier alpha value is -1.13. The minimum absolute atomic E-state index is 0.164. The van der Waals surface area contributed by atoms with Crippen molar-refractivity contribution in [2.45, 2.75) is 25.9 Å². The predicted molar refractivity (Wildman–Crippen MR) is 87.0 cm³/mol. The summed E-state index contributed by atoms with van der Waals surface area (Å²) in [5, 5.41) is 0. The first-order valence-electron chi connectivity index (χ1n) is 7.65. The molecule has 1 saturated heterocycles. The second-order valence-electron chi connectivity index (χ2n) is 5.82. The zero-order valence-electron chi connectivity index (χ0n) is 13.9. The maximum Gasteiger partial charge on any atom is 0.278 e. The van der Waals surface area contributed by atoms with E-state index in [1.54, 1.807) is 12.4 Å². The fourth-order valence-corrected chi connectivity index (χ4v) is 2.99. The monoisotopic (exact) mass is 343 g/mol. The zero-order chi connectivity index (χ0) is 16.9. The van der Waals surface area contributed by atoms with Crippen LogP contribution in [0.3, 0.4) is 0 Å². The average Bonchev–Trinajstić information content (AvgIpc) is 2.51. The largest absolute Gasteiger partial charge is 0.378 e. The molecule has 1 atom stereocenters. The smallest absolute Gasteiger partial charge is 0.278 e. The number of aryl methyl sites for hydroxylation is 1. The highest BCUT2D eigenvalue weighted by Gasteiger charge is 2.24. The molecule has 2 rings (SSSR count). The second-order valence-corrected chi connectivity index (χ2v) is 7.79. The number of morpholine rings is 1. The third-order valence-electron chi connectivity index (χ3n) is 3.79. The summed E-state index contributed by atoms with van der Waals surface area (Å²) in [5.41, 5.74) is 1.81. The van der Waals surface area contributed by atoms with Crippen molar-refractivity contribution in [3.8, 4) is 0 Å². The van der Waals surface area contributed by atoms with E-state index in [1.165, 1.54) is 18.4 Å². The molecule has 0 aliphatic carbocycles. The van der Waals surface area contributed by atoms with Crippen LogP contribution in [-0.2, 0) is 21.5 Å². The third-order valence-corrected chi connectivity index (χ3v) is 5.32. The molecule has 1 unspecified atom stereocenters. The van der Waals surface area contributed by atoms with Gasteiger partial charge in [0.15, 0.2) is 0 Å². The van der Waals surface area contributed by atoms with Crippen molar-refractivity contribution in [2.75, 3.05) is 40.4 Å². The lowest BCUT2D eigenvalue weighted by Gasteiger charge is -2.35. The molecule has 0 bridgehead atoms. The highest BCUT2D eigenvalue weighted by atomic mass is 32.2. The van der Waals surface area contributed by atoms with Crippen LogP contribution in [0.25, 0.3) is 0 Å². The zero-order valence-corrected chi connectivity index (χ0v) is 14.7. The van der Waals surface area contributed by atoms with E-state index in [0.29, 0.717) is 32.7 Å². The van der Waals surface area contributed by atoms with Gasteiger partial charge in [-0.3, -0.25) is 14.9 Å². The average molecular weight is 343 g/mol. The number of nitrogens with one attached hydrogen (secondary N) is 1. The predicted octanol–water partition coefficient (Wildman–Crippen LogP) is -0.228. The molecule has 2 heterocycles. The summed E-state index contributed by atoms with van der Waals surface area (Å²) in [6.07, 6.45) is 4.24. The Kier molecular flexibility index (Phi) is 6.42. The molecule has 0 saturated carbocycles. The number of nitrogens with zero attached hydrogens (tertiary/aromatic N) is 4. The second kappa shape index (κ2) is 8.11. The van der Waals surface area contributed by atoms with Gasteiger partial charge in [0, 0.05) is 52.2 Å². The van der Waals surface area contributed by atoms with E-state index < -0.39 is 10.2 Å². The SMILES string of the molecule is Cc1cnc(CN2CCOCC2CCNS(=O)(=O)N(C)C)cn1. The molecule has 9 heteroatoms. The van der Waals surface area contributed by atoms with E-state index in [9.17, 15) is 8.42 Å². The maximum absolute atomic E-state index is 11.7. The van der Waals surface area contributed by atoms with Crippen molar-refractivity contribution >= 4 is 10.2 Å². The van der Waals surface area contributed by atoms with Gasteiger partial charge in [-0.25, -0.2) is 4.72 Å². The van der Waals surface area contributed by atoms with Crippen molar-refractivity contribution in [1.82, 2.24) is 23.9 Å². The molecule has 1 aromatic rings. The number of rotatable bonds is 7. The van der Waals surface area contributed by atoms with Crippen LogP contribution in [0.2, 0.25) is 0 Å².